The highest BCUT2D eigenvalue weighted by atomic mass is 16.3. The van der Waals surface area contributed by atoms with Crippen LogP contribution < -0.4 is 0 Å². The Morgan fingerprint density at radius 3 is 2.19 bits per heavy atom. The first kappa shape index (κ1) is 27.0. The fourth-order valence-corrected chi connectivity index (χ4v) is 6.50. The number of aliphatic hydroxyl groups excluding tert-OH is 2. The normalized spacial score (nSPS) is 21.3. The van der Waals surface area contributed by atoms with Crippen molar-refractivity contribution in [1.82, 2.24) is 0 Å². The Balaban J connectivity index is 1.53. The van der Waals surface area contributed by atoms with E-state index in [1.807, 2.05) is 6.07 Å². The van der Waals surface area contributed by atoms with Crippen molar-refractivity contribution in [2.24, 2.45) is 35.5 Å². The minimum Gasteiger partial charge on any atom is -0.507 e. The van der Waals surface area contributed by atoms with Crippen LogP contribution in [0.2, 0.25) is 0 Å². The smallest absolute Gasteiger partial charge is 0.167 e. The number of carbonyl (C=O) groups excluding carboxylic acids is 3. The van der Waals surface area contributed by atoms with E-state index in [0.717, 1.165) is 29.4 Å². The molecule has 1 aromatic rings. The number of benzene rings is 1. The third-order valence-electron chi connectivity index (χ3n) is 8.61. The molecule has 6 heteroatoms. The molecule has 0 aliphatic heterocycles. The molecule has 0 amide bonds. The highest BCUT2D eigenvalue weighted by Gasteiger charge is 2.36. The second-order valence-corrected chi connectivity index (χ2v) is 11.9. The van der Waals surface area contributed by atoms with Crippen LogP contribution in [-0.2, 0) is 22.4 Å². The Morgan fingerprint density at radius 1 is 0.972 bits per heavy atom. The summed E-state index contributed by atoms with van der Waals surface area (Å²) in [6, 6.07) is 3.67. The molecule has 3 atom stereocenters. The fraction of sp³-hybridized carbons (Fsp3) is 0.700. The summed E-state index contributed by atoms with van der Waals surface area (Å²) >= 11 is 0. The summed E-state index contributed by atoms with van der Waals surface area (Å²) in [7, 11) is 0. The number of aliphatic hydroxyl groups is 2. The van der Waals surface area contributed by atoms with Gasteiger partial charge in [0.1, 0.15) is 17.3 Å². The van der Waals surface area contributed by atoms with Crippen LogP contribution in [0.25, 0.3) is 0 Å². The average molecular weight is 499 g/mol. The number of aromatic hydroxyl groups is 1. The molecule has 0 heterocycles. The van der Waals surface area contributed by atoms with Gasteiger partial charge in [-0.3, -0.25) is 14.4 Å². The Kier molecular flexibility index (Phi) is 9.00. The quantitative estimate of drug-likeness (QED) is 0.308. The molecule has 0 bridgehead atoms. The first-order valence-corrected chi connectivity index (χ1v) is 13.9. The van der Waals surface area contributed by atoms with Gasteiger partial charge in [-0.25, -0.2) is 0 Å². The topological polar surface area (TPSA) is 112 Å². The molecule has 3 unspecified atom stereocenters. The van der Waals surface area contributed by atoms with Gasteiger partial charge in [0.15, 0.2) is 5.78 Å². The van der Waals surface area contributed by atoms with E-state index in [1.165, 1.54) is 45.4 Å². The molecule has 3 N–H and O–H groups in total. The summed E-state index contributed by atoms with van der Waals surface area (Å²) in [4.78, 5) is 37.4. The van der Waals surface area contributed by atoms with Gasteiger partial charge < -0.3 is 15.3 Å². The lowest BCUT2D eigenvalue weighted by molar-refractivity contribution is -0.131. The van der Waals surface area contributed by atoms with Crippen molar-refractivity contribution in [2.45, 2.75) is 84.0 Å². The third kappa shape index (κ3) is 7.04. The molecule has 2 fully saturated rings. The van der Waals surface area contributed by atoms with Gasteiger partial charge >= 0.3 is 0 Å². The van der Waals surface area contributed by atoms with Crippen LogP contribution in [-0.4, -0.2) is 45.9 Å². The number of fused-ring (bicyclic) bond motifs is 1. The van der Waals surface area contributed by atoms with Crippen molar-refractivity contribution in [3.63, 3.8) is 0 Å². The highest BCUT2D eigenvalue weighted by molar-refractivity contribution is 6.01. The van der Waals surface area contributed by atoms with Crippen LogP contribution in [0, 0.1) is 35.5 Å². The molecule has 6 nitrogen and oxygen atoms in total. The lowest BCUT2D eigenvalue weighted by atomic mass is 9.72. The zero-order valence-corrected chi connectivity index (χ0v) is 21.6. The van der Waals surface area contributed by atoms with Crippen LogP contribution in [0.5, 0.6) is 5.75 Å². The minimum atomic E-state index is -0.720. The fourth-order valence-electron chi connectivity index (χ4n) is 6.50. The first-order valence-electron chi connectivity index (χ1n) is 13.9. The summed E-state index contributed by atoms with van der Waals surface area (Å²) in [5.41, 5.74) is 2.58. The number of hydrogen-bond acceptors (Lipinski definition) is 6. The zero-order valence-electron chi connectivity index (χ0n) is 21.6. The molecule has 0 aromatic heterocycles. The van der Waals surface area contributed by atoms with Crippen LogP contribution in [0.1, 0.15) is 92.6 Å². The number of hydrogen-bond donors (Lipinski definition) is 3. The molecular weight excluding hydrogens is 456 g/mol. The second kappa shape index (κ2) is 12.0. The van der Waals surface area contributed by atoms with Gasteiger partial charge in [-0.2, -0.15) is 0 Å². The summed E-state index contributed by atoms with van der Waals surface area (Å²) < 4.78 is 0. The standard InChI is InChI=1S/C30H42O6/c1-18(33)10-28(35)26(17-32)24(8-9-31)14-22-15-25-23(6-7-27(34)30(25)29(36)16-22)13-21(11-19-2-3-19)12-20-4-5-20/h6-7,19-22,24,26,31-32,34H,2-5,8-17H2,1H3. The van der Waals surface area contributed by atoms with Gasteiger partial charge in [0.05, 0.1) is 18.6 Å². The number of carbonyl (C=O) groups is 3. The lowest BCUT2D eigenvalue weighted by Gasteiger charge is -2.32. The van der Waals surface area contributed by atoms with E-state index >= 15 is 0 Å². The molecule has 3 aliphatic carbocycles. The maximum atomic E-state index is 13.2. The van der Waals surface area contributed by atoms with Gasteiger partial charge in [-0.1, -0.05) is 31.7 Å². The zero-order chi connectivity index (χ0) is 25.8. The Morgan fingerprint density at radius 2 is 1.64 bits per heavy atom. The molecule has 4 rings (SSSR count). The predicted octanol–water partition coefficient (Wildman–Crippen LogP) is 4.44. The molecular formula is C30H42O6. The van der Waals surface area contributed by atoms with Gasteiger partial charge in [0.25, 0.3) is 0 Å². The van der Waals surface area contributed by atoms with Crippen LogP contribution in [0.4, 0.5) is 0 Å². The van der Waals surface area contributed by atoms with Crippen molar-refractivity contribution in [3.8, 4) is 5.75 Å². The maximum absolute atomic E-state index is 13.2. The number of Topliss-reactive ketones (excluding diaryl/α,β-unsaturated/α-hetero) is 3. The first-order chi connectivity index (χ1) is 17.3. The van der Waals surface area contributed by atoms with Gasteiger partial charge in [-0.15, -0.1) is 0 Å². The Hall–Kier alpha value is -2.05. The van der Waals surface area contributed by atoms with E-state index in [2.05, 4.69) is 0 Å². The van der Waals surface area contributed by atoms with Crippen LogP contribution in [0.15, 0.2) is 12.1 Å². The van der Waals surface area contributed by atoms with E-state index in [9.17, 15) is 29.7 Å². The molecule has 36 heavy (non-hydrogen) atoms. The largest absolute Gasteiger partial charge is 0.507 e. The summed E-state index contributed by atoms with van der Waals surface area (Å²) in [6.45, 7) is 0.865. The molecule has 0 spiro atoms. The van der Waals surface area contributed by atoms with E-state index in [1.54, 1.807) is 6.07 Å². The number of ketones is 3. The van der Waals surface area contributed by atoms with Gasteiger partial charge in [0, 0.05) is 18.9 Å². The Bertz CT molecular complexity index is 946. The predicted molar refractivity (Wildman–Crippen MR) is 137 cm³/mol. The number of phenols is 1. The average Bonchev–Trinajstić information content (AvgIpc) is 3.73. The van der Waals surface area contributed by atoms with Gasteiger partial charge in [0.2, 0.25) is 0 Å². The summed E-state index contributed by atoms with van der Waals surface area (Å²) in [5.74, 6) is 0.687. The molecule has 0 saturated heterocycles. The molecule has 2 saturated carbocycles. The van der Waals surface area contributed by atoms with E-state index in [-0.39, 0.29) is 61.0 Å². The summed E-state index contributed by atoms with van der Waals surface area (Å²) in [6.07, 6.45) is 10.3. The van der Waals surface area contributed by atoms with Crippen molar-refractivity contribution in [3.05, 3.63) is 28.8 Å². The third-order valence-corrected chi connectivity index (χ3v) is 8.61. The van der Waals surface area contributed by atoms with Crippen molar-refractivity contribution < 1.29 is 29.7 Å². The van der Waals surface area contributed by atoms with Crippen molar-refractivity contribution in [2.75, 3.05) is 13.2 Å². The van der Waals surface area contributed by atoms with Crippen LogP contribution >= 0.6 is 0 Å². The molecule has 0 radical (unpaired) electrons. The van der Waals surface area contributed by atoms with E-state index in [0.29, 0.717) is 30.7 Å². The molecule has 1 aromatic carbocycles. The number of phenolic OH excluding ortho intramolecular Hbond substituents is 1. The Labute approximate surface area is 214 Å². The monoisotopic (exact) mass is 498 g/mol. The SMILES string of the molecule is CC(=O)CC(=O)C(CO)C(CCO)CC1CC(=O)c2c(O)ccc(CC(CC3CC3)CC3CC3)c2C1. The maximum Gasteiger partial charge on any atom is 0.167 e. The highest BCUT2D eigenvalue weighted by Crippen LogP contribution is 2.44. The lowest BCUT2D eigenvalue weighted by Crippen LogP contribution is -2.32. The number of rotatable bonds is 15. The van der Waals surface area contributed by atoms with Crippen LogP contribution in [0.3, 0.4) is 0 Å². The van der Waals surface area contributed by atoms with Crippen molar-refractivity contribution >= 4 is 17.3 Å². The van der Waals surface area contributed by atoms with E-state index in [4.69, 9.17) is 0 Å². The molecule has 3 aliphatic rings. The minimum absolute atomic E-state index is 0.0356. The van der Waals surface area contributed by atoms with E-state index < -0.39 is 5.92 Å². The molecule has 198 valence electrons. The summed E-state index contributed by atoms with van der Waals surface area (Å²) in [5, 5.41) is 30.2. The van der Waals surface area contributed by atoms with Gasteiger partial charge in [-0.05, 0) is 92.2 Å². The van der Waals surface area contributed by atoms with Crippen molar-refractivity contribution in [1.29, 1.82) is 0 Å². The second-order valence-electron chi connectivity index (χ2n) is 11.9.